The number of nitrogens with zero attached hydrogens (tertiary/aromatic N) is 3. The van der Waals surface area contributed by atoms with E-state index in [0.29, 0.717) is 14.3 Å². The zero-order valence-electron chi connectivity index (χ0n) is 10.7. The van der Waals surface area contributed by atoms with Gasteiger partial charge in [0.15, 0.2) is 5.78 Å². The molecule has 0 aliphatic heterocycles. The Labute approximate surface area is 108 Å². The predicted molar refractivity (Wildman–Crippen MR) is 76.5 cm³/mol. The molecule has 1 unspecified atom stereocenters. The minimum atomic E-state index is -0.0233. The molecule has 2 aromatic rings. The zero-order chi connectivity index (χ0) is 13.1. The summed E-state index contributed by atoms with van der Waals surface area (Å²) in [5.74, 6) is -0.0233. The summed E-state index contributed by atoms with van der Waals surface area (Å²) >= 11 is 0. The van der Waals surface area contributed by atoms with Crippen LogP contribution in [0.2, 0.25) is 0 Å². The Morgan fingerprint density at radius 3 is 2.94 bits per heavy atom. The molecule has 2 aromatic heterocycles. The molecule has 0 aliphatic rings. The number of hydrogen-bond acceptors (Lipinski definition) is 3. The number of allylic oxidation sites excluding steroid dienone is 1. The quantitative estimate of drug-likeness (QED) is 0.482. The Hall–Kier alpha value is -1.67. The van der Waals surface area contributed by atoms with Gasteiger partial charge in [-0.15, -0.1) is 0 Å². The molecule has 0 saturated carbocycles. The summed E-state index contributed by atoms with van der Waals surface area (Å²) < 4.78 is 2.08. The van der Waals surface area contributed by atoms with Crippen LogP contribution in [0.15, 0.2) is 36.8 Å². The molecule has 0 fully saturated rings. The lowest BCUT2D eigenvalue weighted by Gasteiger charge is -2.03. The van der Waals surface area contributed by atoms with Crippen molar-refractivity contribution in [2.45, 2.75) is 0 Å². The van der Waals surface area contributed by atoms with Gasteiger partial charge in [-0.3, -0.25) is 4.79 Å². The van der Waals surface area contributed by atoms with Gasteiger partial charge in [-0.1, -0.05) is 0 Å². The SMILES string of the molecule is CPn1ccc2cc(C(=O)/C=C/N(C)C)cnc21. The van der Waals surface area contributed by atoms with E-state index in [0.717, 1.165) is 11.0 Å². The van der Waals surface area contributed by atoms with Crippen LogP contribution in [-0.2, 0) is 0 Å². The highest BCUT2D eigenvalue weighted by molar-refractivity contribution is 7.35. The summed E-state index contributed by atoms with van der Waals surface area (Å²) in [5, 5.41) is 1.01. The number of fused-ring (bicyclic) bond motifs is 1. The molecule has 18 heavy (non-hydrogen) atoms. The monoisotopic (exact) mass is 261 g/mol. The second-order valence-electron chi connectivity index (χ2n) is 4.19. The Morgan fingerprint density at radius 2 is 2.28 bits per heavy atom. The van der Waals surface area contributed by atoms with Crippen molar-refractivity contribution in [3.05, 3.63) is 42.4 Å². The van der Waals surface area contributed by atoms with Crippen LogP contribution in [0.3, 0.4) is 0 Å². The van der Waals surface area contributed by atoms with Crippen molar-refractivity contribution in [2.75, 3.05) is 20.8 Å². The van der Waals surface area contributed by atoms with E-state index < -0.39 is 0 Å². The van der Waals surface area contributed by atoms with Crippen LogP contribution in [0.4, 0.5) is 0 Å². The van der Waals surface area contributed by atoms with Gasteiger partial charge in [-0.2, -0.15) is 0 Å². The topological polar surface area (TPSA) is 38.1 Å². The molecule has 0 saturated heterocycles. The molecule has 4 nitrogen and oxygen atoms in total. The van der Waals surface area contributed by atoms with Crippen LogP contribution >= 0.6 is 8.73 Å². The van der Waals surface area contributed by atoms with Gasteiger partial charge < -0.3 is 9.24 Å². The van der Waals surface area contributed by atoms with E-state index in [9.17, 15) is 4.79 Å². The molecule has 0 radical (unpaired) electrons. The third-order valence-corrected chi connectivity index (χ3v) is 3.42. The van der Waals surface area contributed by atoms with Crippen LogP contribution in [0.5, 0.6) is 0 Å². The predicted octanol–water partition coefficient (Wildman–Crippen LogP) is 2.37. The molecule has 0 aromatic carbocycles. The van der Waals surface area contributed by atoms with E-state index in [2.05, 4.69) is 16.0 Å². The average molecular weight is 261 g/mol. The van der Waals surface area contributed by atoms with Crippen LogP contribution < -0.4 is 0 Å². The molecule has 0 spiro atoms. The first kappa shape index (κ1) is 12.8. The fraction of sp³-hybridized carbons (Fsp3) is 0.231. The third-order valence-electron chi connectivity index (χ3n) is 2.58. The number of hydrogen-bond donors (Lipinski definition) is 0. The molecular weight excluding hydrogens is 245 g/mol. The molecule has 2 heterocycles. The van der Waals surface area contributed by atoms with E-state index in [-0.39, 0.29) is 5.78 Å². The molecule has 0 amide bonds. The molecule has 5 heteroatoms. The van der Waals surface area contributed by atoms with Gasteiger partial charge in [0.2, 0.25) is 0 Å². The molecule has 2 rings (SSSR count). The maximum atomic E-state index is 11.9. The number of pyridine rings is 1. The van der Waals surface area contributed by atoms with Gasteiger partial charge >= 0.3 is 0 Å². The van der Waals surface area contributed by atoms with E-state index in [1.54, 1.807) is 18.5 Å². The number of carbonyl (C=O) groups excluding carboxylic acids is 1. The summed E-state index contributed by atoms with van der Waals surface area (Å²) in [6.45, 7) is 2.10. The van der Waals surface area contributed by atoms with Gasteiger partial charge in [0.05, 0.1) is 0 Å². The largest absolute Gasteiger partial charge is 0.383 e. The van der Waals surface area contributed by atoms with Crippen LogP contribution in [0.1, 0.15) is 10.4 Å². The third kappa shape index (κ3) is 2.59. The lowest BCUT2D eigenvalue weighted by atomic mass is 10.1. The van der Waals surface area contributed by atoms with Crippen molar-refractivity contribution in [3.8, 4) is 0 Å². The Kier molecular flexibility index (Phi) is 3.78. The van der Waals surface area contributed by atoms with Crippen molar-refractivity contribution in [3.63, 3.8) is 0 Å². The Balaban J connectivity index is 2.33. The molecule has 0 bridgehead atoms. The summed E-state index contributed by atoms with van der Waals surface area (Å²) in [4.78, 5) is 18.1. The number of aromatic nitrogens is 2. The highest BCUT2D eigenvalue weighted by Crippen LogP contribution is 2.21. The highest BCUT2D eigenvalue weighted by atomic mass is 31.1. The lowest BCUT2D eigenvalue weighted by Crippen LogP contribution is -2.03. The fourth-order valence-corrected chi connectivity index (χ4v) is 2.27. The smallest absolute Gasteiger partial charge is 0.188 e. The standard InChI is InChI=1S/C13H16N3OP/c1-15(2)6-5-12(17)11-8-10-4-7-16(18-3)13(10)14-9-11/h4-9,18H,1-3H3/b6-5+. The maximum Gasteiger partial charge on any atom is 0.188 e. The molecule has 94 valence electrons. The number of ketones is 1. The maximum absolute atomic E-state index is 11.9. The van der Waals surface area contributed by atoms with Gasteiger partial charge in [0, 0.05) is 49.7 Å². The van der Waals surface area contributed by atoms with E-state index >= 15 is 0 Å². The minimum absolute atomic E-state index is 0.0233. The molecule has 0 N–H and O–H groups in total. The number of carbonyl (C=O) groups is 1. The highest BCUT2D eigenvalue weighted by Gasteiger charge is 2.06. The summed E-state index contributed by atoms with van der Waals surface area (Å²) in [6.07, 6.45) is 6.94. The fourth-order valence-electron chi connectivity index (χ4n) is 1.65. The van der Waals surface area contributed by atoms with Crippen molar-refractivity contribution in [2.24, 2.45) is 0 Å². The first-order valence-electron chi connectivity index (χ1n) is 5.65. The van der Waals surface area contributed by atoms with Crippen molar-refractivity contribution in [1.29, 1.82) is 0 Å². The van der Waals surface area contributed by atoms with E-state index in [1.165, 1.54) is 0 Å². The minimum Gasteiger partial charge on any atom is -0.383 e. The first-order chi connectivity index (χ1) is 8.61. The van der Waals surface area contributed by atoms with E-state index in [4.69, 9.17) is 0 Å². The van der Waals surface area contributed by atoms with E-state index in [1.807, 2.05) is 37.3 Å². The van der Waals surface area contributed by atoms with Gasteiger partial charge in [-0.05, 0) is 27.5 Å². The summed E-state index contributed by atoms with van der Waals surface area (Å²) in [6, 6.07) is 3.88. The van der Waals surface area contributed by atoms with Crippen LogP contribution in [0, 0.1) is 0 Å². The molecule has 0 aliphatic carbocycles. The normalized spacial score (nSPS) is 11.9. The first-order valence-corrected chi connectivity index (χ1v) is 7.10. The lowest BCUT2D eigenvalue weighted by molar-refractivity contribution is 0.104. The van der Waals surface area contributed by atoms with Crippen molar-refractivity contribution in [1.82, 2.24) is 14.2 Å². The summed E-state index contributed by atoms with van der Waals surface area (Å²) in [5.41, 5.74) is 1.56. The number of rotatable bonds is 4. The molecular formula is C13H16N3OP. The van der Waals surface area contributed by atoms with Gasteiger partial charge in [-0.25, -0.2) is 4.98 Å². The van der Waals surface area contributed by atoms with Gasteiger partial charge in [0.1, 0.15) is 5.65 Å². The van der Waals surface area contributed by atoms with Crippen molar-refractivity contribution < 1.29 is 4.79 Å². The second-order valence-corrected chi connectivity index (χ2v) is 5.12. The Morgan fingerprint density at radius 1 is 1.50 bits per heavy atom. The molecule has 1 atom stereocenters. The van der Waals surface area contributed by atoms with Gasteiger partial charge in [0.25, 0.3) is 0 Å². The second kappa shape index (κ2) is 5.32. The Bertz CT molecular complexity index is 601. The van der Waals surface area contributed by atoms with Crippen molar-refractivity contribution >= 4 is 25.5 Å². The van der Waals surface area contributed by atoms with Crippen LogP contribution in [-0.4, -0.2) is 40.8 Å². The zero-order valence-corrected chi connectivity index (χ0v) is 11.7. The van der Waals surface area contributed by atoms with Crippen LogP contribution in [0.25, 0.3) is 11.0 Å². The average Bonchev–Trinajstić information content (AvgIpc) is 2.77. The summed E-state index contributed by atoms with van der Waals surface area (Å²) in [7, 11) is 4.41.